The number of hydrogen-bond donors (Lipinski definition) is 3. The van der Waals surface area contributed by atoms with Gasteiger partial charge < -0.3 is 16.6 Å². The number of anilines is 1. The van der Waals surface area contributed by atoms with E-state index < -0.39 is 29.5 Å². The smallest absolute Gasteiger partial charge is 0.392 e. The third-order valence-electron chi connectivity index (χ3n) is 4.97. The number of nitrogens with zero attached hydrogens (tertiary/aromatic N) is 1. The van der Waals surface area contributed by atoms with Crippen molar-refractivity contribution in [2.45, 2.75) is 32.4 Å². The molecular formula is C18H18F3N3O3. The average Bonchev–Trinajstić information content (AvgIpc) is 3.34. The Morgan fingerprint density at radius 1 is 1.30 bits per heavy atom. The number of primary amides is 1. The maximum Gasteiger partial charge on any atom is 0.392 e. The summed E-state index contributed by atoms with van der Waals surface area (Å²) in [6, 6.07) is 4.02. The number of phenols is 1. The molecule has 1 saturated carbocycles. The zero-order valence-electron chi connectivity index (χ0n) is 14.6. The van der Waals surface area contributed by atoms with Gasteiger partial charge in [-0.05, 0) is 38.0 Å². The summed E-state index contributed by atoms with van der Waals surface area (Å²) in [7, 11) is 0. The van der Waals surface area contributed by atoms with Crippen LogP contribution < -0.4 is 17.0 Å². The number of carbonyl (C=O) groups is 1. The van der Waals surface area contributed by atoms with Crippen LogP contribution in [-0.4, -0.2) is 21.8 Å². The molecular weight excluding hydrogens is 363 g/mol. The van der Waals surface area contributed by atoms with Crippen molar-refractivity contribution < 1.29 is 23.1 Å². The standard InChI is InChI=1S/C18H18F3N3O3/c1-7-3-4-13(25)8(2)14(7)24-15(22)11(16(23)26)5-10(17(24)27)9-6-12(9)18(19,20)21/h3-5,9,12,25H,6,22H2,1-2H3,(H2,23,26). The van der Waals surface area contributed by atoms with E-state index in [1.165, 1.54) is 19.1 Å². The molecule has 0 aliphatic heterocycles. The summed E-state index contributed by atoms with van der Waals surface area (Å²) in [6.45, 7) is 3.19. The topological polar surface area (TPSA) is 111 Å². The van der Waals surface area contributed by atoms with Gasteiger partial charge in [-0.15, -0.1) is 0 Å². The van der Waals surface area contributed by atoms with Gasteiger partial charge in [-0.25, -0.2) is 0 Å². The number of phenolic OH excluding ortho intramolecular Hbond substituents is 1. The first-order valence-electron chi connectivity index (χ1n) is 8.16. The first-order chi connectivity index (χ1) is 12.4. The van der Waals surface area contributed by atoms with E-state index in [2.05, 4.69) is 0 Å². The Labute approximate surface area is 152 Å². The lowest BCUT2D eigenvalue weighted by atomic mass is 10.0. The Bertz CT molecular complexity index is 1010. The third-order valence-corrected chi connectivity index (χ3v) is 4.97. The number of hydrogen-bond acceptors (Lipinski definition) is 4. The van der Waals surface area contributed by atoms with Gasteiger partial charge in [0.2, 0.25) is 0 Å². The van der Waals surface area contributed by atoms with Crippen LogP contribution in [0, 0.1) is 19.8 Å². The molecule has 1 aromatic heterocycles. The van der Waals surface area contributed by atoms with Gasteiger partial charge in [-0.1, -0.05) is 6.07 Å². The SMILES string of the molecule is Cc1ccc(O)c(C)c1-n1c(N)c(C(N)=O)cc(C2CC2C(F)(F)F)c1=O. The fourth-order valence-electron chi connectivity index (χ4n) is 3.40. The minimum atomic E-state index is -4.44. The van der Waals surface area contributed by atoms with Gasteiger partial charge >= 0.3 is 6.18 Å². The highest BCUT2D eigenvalue weighted by Crippen LogP contribution is 2.55. The van der Waals surface area contributed by atoms with E-state index >= 15 is 0 Å². The Balaban J connectivity index is 2.32. The van der Waals surface area contributed by atoms with Gasteiger partial charge in [0.15, 0.2) is 0 Å². The van der Waals surface area contributed by atoms with Crippen LogP contribution in [0.5, 0.6) is 5.75 Å². The maximum atomic E-state index is 13.0. The quantitative estimate of drug-likeness (QED) is 0.758. The van der Waals surface area contributed by atoms with Crippen LogP contribution in [0.3, 0.4) is 0 Å². The number of carbonyl (C=O) groups excluding carboxylic acids is 1. The second kappa shape index (κ2) is 6.04. The van der Waals surface area contributed by atoms with Crippen molar-refractivity contribution in [1.82, 2.24) is 4.57 Å². The molecule has 3 rings (SSSR count). The van der Waals surface area contributed by atoms with Crippen molar-refractivity contribution >= 4 is 11.7 Å². The molecule has 2 aromatic rings. The van der Waals surface area contributed by atoms with E-state index in [9.17, 15) is 27.9 Å². The molecule has 6 nitrogen and oxygen atoms in total. The lowest BCUT2D eigenvalue weighted by Crippen LogP contribution is -2.30. The number of alkyl halides is 3. The van der Waals surface area contributed by atoms with Gasteiger partial charge in [0.25, 0.3) is 11.5 Å². The molecule has 144 valence electrons. The lowest BCUT2D eigenvalue weighted by Gasteiger charge is -2.19. The predicted octanol–water partition coefficient (Wildman–Crippen LogP) is 2.51. The van der Waals surface area contributed by atoms with Crippen LogP contribution in [0.25, 0.3) is 5.69 Å². The molecule has 2 unspecified atom stereocenters. The van der Waals surface area contributed by atoms with E-state index in [1.54, 1.807) is 6.92 Å². The van der Waals surface area contributed by atoms with Crippen LogP contribution in [0.2, 0.25) is 0 Å². The number of aryl methyl sites for hydroxylation is 1. The number of benzene rings is 1. The fourth-order valence-corrected chi connectivity index (χ4v) is 3.40. The highest BCUT2D eigenvalue weighted by Gasteiger charge is 2.57. The molecule has 1 amide bonds. The van der Waals surface area contributed by atoms with Gasteiger partial charge in [-0.2, -0.15) is 13.2 Å². The molecule has 1 fully saturated rings. The molecule has 0 spiro atoms. The first-order valence-corrected chi connectivity index (χ1v) is 8.16. The molecule has 0 saturated heterocycles. The van der Waals surface area contributed by atoms with Crippen LogP contribution >= 0.6 is 0 Å². The van der Waals surface area contributed by atoms with Crippen molar-refractivity contribution in [1.29, 1.82) is 0 Å². The number of pyridine rings is 1. The van der Waals surface area contributed by atoms with Crippen molar-refractivity contribution in [2.75, 3.05) is 5.73 Å². The van der Waals surface area contributed by atoms with Crippen LogP contribution in [0.15, 0.2) is 23.0 Å². The van der Waals surface area contributed by atoms with Crippen molar-refractivity contribution in [3.63, 3.8) is 0 Å². The van der Waals surface area contributed by atoms with E-state index in [4.69, 9.17) is 11.5 Å². The number of halogens is 3. The average molecular weight is 381 g/mol. The van der Waals surface area contributed by atoms with Gasteiger partial charge in [-0.3, -0.25) is 14.2 Å². The minimum absolute atomic E-state index is 0.118. The summed E-state index contributed by atoms with van der Waals surface area (Å²) >= 11 is 0. The number of nitrogen functional groups attached to an aromatic ring is 1. The lowest BCUT2D eigenvalue weighted by molar-refractivity contribution is -0.148. The second-order valence-electron chi connectivity index (χ2n) is 6.77. The van der Waals surface area contributed by atoms with Crippen LogP contribution in [0.4, 0.5) is 19.0 Å². The Kier molecular flexibility index (Phi) is 4.21. The Hall–Kier alpha value is -2.97. The highest BCUT2D eigenvalue weighted by atomic mass is 19.4. The first kappa shape index (κ1) is 18.8. The monoisotopic (exact) mass is 381 g/mol. The summed E-state index contributed by atoms with van der Waals surface area (Å²) < 4.78 is 39.9. The Morgan fingerprint density at radius 3 is 2.44 bits per heavy atom. The van der Waals surface area contributed by atoms with E-state index in [0.717, 1.165) is 10.6 Å². The molecule has 2 atom stereocenters. The predicted molar refractivity (Wildman–Crippen MR) is 93.0 cm³/mol. The van der Waals surface area contributed by atoms with E-state index in [-0.39, 0.29) is 34.8 Å². The zero-order chi connectivity index (χ0) is 20.3. The molecule has 0 bridgehead atoms. The van der Waals surface area contributed by atoms with Gasteiger partial charge in [0.1, 0.15) is 11.6 Å². The van der Waals surface area contributed by atoms with Crippen molar-refractivity contribution in [2.24, 2.45) is 11.7 Å². The third kappa shape index (κ3) is 3.02. The van der Waals surface area contributed by atoms with E-state index in [0.29, 0.717) is 11.1 Å². The molecule has 1 aliphatic rings. The molecule has 1 heterocycles. The highest BCUT2D eigenvalue weighted by molar-refractivity contribution is 5.97. The zero-order valence-corrected chi connectivity index (χ0v) is 14.6. The van der Waals surface area contributed by atoms with Crippen LogP contribution in [0.1, 0.15) is 39.4 Å². The number of nitrogens with two attached hydrogens (primary N) is 2. The molecule has 27 heavy (non-hydrogen) atoms. The molecule has 1 aromatic carbocycles. The van der Waals surface area contributed by atoms with E-state index in [1.807, 2.05) is 0 Å². The van der Waals surface area contributed by atoms with Crippen LogP contribution in [-0.2, 0) is 0 Å². The molecule has 9 heteroatoms. The summed E-state index contributed by atoms with van der Waals surface area (Å²) in [4.78, 5) is 24.8. The summed E-state index contributed by atoms with van der Waals surface area (Å²) in [5, 5.41) is 9.99. The second-order valence-corrected chi connectivity index (χ2v) is 6.77. The summed E-state index contributed by atoms with van der Waals surface area (Å²) in [5.74, 6) is -4.05. The summed E-state index contributed by atoms with van der Waals surface area (Å²) in [5.41, 5.74) is 11.2. The van der Waals surface area contributed by atoms with Gasteiger partial charge in [0, 0.05) is 17.0 Å². The molecule has 0 radical (unpaired) electrons. The van der Waals surface area contributed by atoms with Gasteiger partial charge in [0.05, 0.1) is 17.2 Å². The molecule has 5 N–H and O–H groups in total. The number of aromatic nitrogens is 1. The molecule has 1 aliphatic carbocycles. The minimum Gasteiger partial charge on any atom is -0.508 e. The van der Waals surface area contributed by atoms with Crippen molar-refractivity contribution in [3.05, 3.63) is 50.8 Å². The largest absolute Gasteiger partial charge is 0.508 e. The summed E-state index contributed by atoms with van der Waals surface area (Å²) in [6.07, 6.45) is -4.67. The fraction of sp³-hybridized carbons (Fsp3) is 0.333. The number of aromatic hydroxyl groups is 1. The normalized spacial score (nSPS) is 19.1. The van der Waals surface area contributed by atoms with Crippen molar-refractivity contribution in [3.8, 4) is 11.4 Å². The number of amides is 1. The maximum absolute atomic E-state index is 13.0. The number of rotatable bonds is 3. The Morgan fingerprint density at radius 2 is 1.93 bits per heavy atom.